The lowest BCUT2D eigenvalue weighted by molar-refractivity contribution is 0.102. The molecule has 2 aromatic rings. The molecule has 6 nitrogen and oxygen atoms in total. The fourth-order valence-electron chi connectivity index (χ4n) is 2.93. The van der Waals surface area contributed by atoms with Crippen LogP contribution in [0.1, 0.15) is 49.3 Å². The van der Waals surface area contributed by atoms with Gasteiger partial charge in [0.1, 0.15) is 11.6 Å². The highest BCUT2D eigenvalue weighted by atomic mass is 32.2. The molecule has 1 atom stereocenters. The smallest absolute Gasteiger partial charge is 0.259 e. The summed E-state index contributed by atoms with van der Waals surface area (Å²) >= 11 is 0. The third kappa shape index (κ3) is 3.80. The van der Waals surface area contributed by atoms with E-state index in [1.165, 1.54) is 18.2 Å². The van der Waals surface area contributed by atoms with Gasteiger partial charge in [0.15, 0.2) is 9.84 Å². The summed E-state index contributed by atoms with van der Waals surface area (Å²) in [7, 11) is -3.11. The van der Waals surface area contributed by atoms with Gasteiger partial charge in [-0.1, -0.05) is 32.9 Å². The number of halogens is 1. The fraction of sp³-hybridized carbons (Fsp3) is 0.444. The second-order valence-electron chi connectivity index (χ2n) is 7.60. The molecule has 1 saturated heterocycles. The number of nitrogens with zero attached hydrogens (tertiary/aromatic N) is 2. The summed E-state index contributed by atoms with van der Waals surface area (Å²) in [5.74, 6) is -0.740. The van der Waals surface area contributed by atoms with Crippen molar-refractivity contribution in [2.24, 2.45) is 0 Å². The molecular formula is C18H22FN3O3S. The lowest BCUT2D eigenvalue weighted by atomic mass is 9.92. The van der Waals surface area contributed by atoms with E-state index in [0.717, 1.165) is 5.69 Å². The summed E-state index contributed by atoms with van der Waals surface area (Å²) in [6, 6.07) is 7.10. The molecule has 0 spiro atoms. The van der Waals surface area contributed by atoms with E-state index in [9.17, 15) is 17.6 Å². The minimum Gasteiger partial charge on any atom is -0.307 e. The summed E-state index contributed by atoms with van der Waals surface area (Å²) in [4.78, 5) is 12.5. The Morgan fingerprint density at radius 1 is 1.31 bits per heavy atom. The van der Waals surface area contributed by atoms with E-state index in [-0.39, 0.29) is 28.5 Å². The highest BCUT2D eigenvalue weighted by Crippen LogP contribution is 2.31. The Labute approximate surface area is 152 Å². The van der Waals surface area contributed by atoms with Gasteiger partial charge in [-0.25, -0.2) is 17.5 Å². The third-order valence-electron chi connectivity index (χ3n) is 4.42. The molecule has 0 saturated carbocycles. The number of aromatic nitrogens is 2. The second-order valence-corrected chi connectivity index (χ2v) is 9.83. The van der Waals surface area contributed by atoms with Crippen LogP contribution in [0.3, 0.4) is 0 Å². The molecule has 1 amide bonds. The van der Waals surface area contributed by atoms with Crippen molar-refractivity contribution in [3.63, 3.8) is 0 Å². The van der Waals surface area contributed by atoms with E-state index in [2.05, 4.69) is 10.4 Å². The Kier molecular flexibility index (Phi) is 4.64. The van der Waals surface area contributed by atoms with E-state index < -0.39 is 21.6 Å². The van der Waals surface area contributed by atoms with Crippen molar-refractivity contribution < 1.29 is 17.6 Å². The molecule has 1 aromatic carbocycles. The standard InChI is InChI=1S/C18H22FN3O3S/c1-18(2,3)15-10-16(20-17(23)13-6-4-5-7-14(13)19)22(21-15)12-8-9-26(24,25)11-12/h4-7,10,12H,8-9,11H2,1-3H3,(H,20,23)/t12-/m0/s1. The van der Waals surface area contributed by atoms with Gasteiger partial charge in [0.25, 0.3) is 5.91 Å². The number of hydrogen-bond donors (Lipinski definition) is 1. The zero-order chi connectivity index (χ0) is 19.1. The lowest BCUT2D eigenvalue weighted by Crippen LogP contribution is -2.20. The Hall–Kier alpha value is -2.22. The Morgan fingerprint density at radius 3 is 2.58 bits per heavy atom. The van der Waals surface area contributed by atoms with Crippen LogP contribution in [0.15, 0.2) is 30.3 Å². The van der Waals surface area contributed by atoms with Gasteiger partial charge < -0.3 is 5.32 Å². The molecular weight excluding hydrogens is 357 g/mol. The summed E-state index contributed by atoms with van der Waals surface area (Å²) in [5.41, 5.74) is 0.377. The topological polar surface area (TPSA) is 81.1 Å². The number of carbonyl (C=O) groups excluding carboxylic acids is 1. The maximum absolute atomic E-state index is 13.9. The number of hydrogen-bond acceptors (Lipinski definition) is 4. The molecule has 8 heteroatoms. The van der Waals surface area contributed by atoms with Crippen LogP contribution in [-0.4, -0.2) is 35.6 Å². The number of carbonyl (C=O) groups is 1. The van der Waals surface area contributed by atoms with Gasteiger partial charge >= 0.3 is 0 Å². The molecule has 2 heterocycles. The number of sulfone groups is 1. The molecule has 0 aliphatic carbocycles. The normalized spacial score (nSPS) is 19.5. The van der Waals surface area contributed by atoms with Crippen molar-refractivity contribution in [2.75, 3.05) is 16.8 Å². The van der Waals surface area contributed by atoms with Gasteiger partial charge in [-0.15, -0.1) is 0 Å². The molecule has 0 unspecified atom stereocenters. The number of amides is 1. The van der Waals surface area contributed by atoms with Crippen LogP contribution in [-0.2, 0) is 15.3 Å². The molecule has 140 valence electrons. The van der Waals surface area contributed by atoms with Crippen molar-refractivity contribution in [3.8, 4) is 0 Å². The second kappa shape index (κ2) is 6.50. The van der Waals surface area contributed by atoms with Gasteiger partial charge in [-0.2, -0.15) is 5.10 Å². The maximum atomic E-state index is 13.9. The molecule has 26 heavy (non-hydrogen) atoms. The highest BCUT2D eigenvalue weighted by molar-refractivity contribution is 7.91. The van der Waals surface area contributed by atoms with Gasteiger partial charge in [0.2, 0.25) is 0 Å². The first-order chi connectivity index (χ1) is 12.1. The molecule has 3 rings (SSSR count). The maximum Gasteiger partial charge on any atom is 0.259 e. The summed E-state index contributed by atoms with van der Waals surface area (Å²) in [6.07, 6.45) is 0.441. The van der Waals surface area contributed by atoms with Crippen LogP contribution in [0.25, 0.3) is 0 Å². The van der Waals surface area contributed by atoms with E-state index in [4.69, 9.17) is 0 Å². The van der Waals surface area contributed by atoms with E-state index in [1.54, 1.807) is 16.8 Å². The minimum absolute atomic E-state index is 0.0131. The van der Waals surface area contributed by atoms with Crippen molar-refractivity contribution in [1.82, 2.24) is 9.78 Å². The average Bonchev–Trinajstić information content (AvgIpc) is 3.10. The molecule has 1 fully saturated rings. The van der Waals surface area contributed by atoms with Gasteiger partial charge in [-0.3, -0.25) is 4.79 Å². The molecule has 0 bridgehead atoms. The number of benzene rings is 1. The predicted molar refractivity (Wildman–Crippen MR) is 97.6 cm³/mol. The Bertz CT molecular complexity index is 945. The number of nitrogens with one attached hydrogen (secondary N) is 1. The zero-order valence-electron chi connectivity index (χ0n) is 15.0. The number of anilines is 1. The third-order valence-corrected chi connectivity index (χ3v) is 6.17. The predicted octanol–water partition coefficient (Wildman–Crippen LogP) is 2.93. The van der Waals surface area contributed by atoms with E-state index in [1.807, 2.05) is 20.8 Å². The monoisotopic (exact) mass is 379 g/mol. The van der Waals surface area contributed by atoms with Crippen LogP contribution in [0.2, 0.25) is 0 Å². The van der Waals surface area contributed by atoms with Crippen LogP contribution in [0.5, 0.6) is 0 Å². The fourth-order valence-corrected chi connectivity index (χ4v) is 4.62. The van der Waals surface area contributed by atoms with Crippen molar-refractivity contribution in [1.29, 1.82) is 0 Å². The molecule has 1 aromatic heterocycles. The Morgan fingerprint density at radius 2 is 2.00 bits per heavy atom. The largest absolute Gasteiger partial charge is 0.307 e. The van der Waals surface area contributed by atoms with Crippen LogP contribution in [0.4, 0.5) is 10.2 Å². The van der Waals surface area contributed by atoms with Gasteiger partial charge in [0, 0.05) is 11.5 Å². The zero-order valence-corrected chi connectivity index (χ0v) is 15.8. The van der Waals surface area contributed by atoms with Gasteiger partial charge in [-0.05, 0) is 18.6 Å². The molecule has 0 radical (unpaired) electrons. The first kappa shape index (κ1) is 18.6. The lowest BCUT2D eigenvalue weighted by Gasteiger charge is -2.15. The molecule has 1 N–H and O–H groups in total. The Balaban J connectivity index is 1.96. The van der Waals surface area contributed by atoms with E-state index in [0.29, 0.717) is 12.2 Å². The van der Waals surface area contributed by atoms with Crippen molar-refractivity contribution >= 4 is 21.6 Å². The average molecular weight is 379 g/mol. The first-order valence-corrected chi connectivity index (χ1v) is 10.3. The van der Waals surface area contributed by atoms with Crippen molar-refractivity contribution in [2.45, 2.75) is 38.6 Å². The van der Waals surface area contributed by atoms with Gasteiger partial charge in [0.05, 0.1) is 28.8 Å². The molecule has 1 aliphatic heterocycles. The SMILES string of the molecule is CC(C)(C)c1cc(NC(=O)c2ccccc2F)n([C@H]2CCS(=O)(=O)C2)n1. The first-order valence-electron chi connectivity index (χ1n) is 8.43. The van der Waals surface area contributed by atoms with Crippen LogP contribution < -0.4 is 5.32 Å². The summed E-state index contributed by atoms with van der Waals surface area (Å²) in [6.45, 7) is 5.94. The summed E-state index contributed by atoms with van der Waals surface area (Å²) in [5, 5.41) is 7.23. The minimum atomic E-state index is -3.11. The summed E-state index contributed by atoms with van der Waals surface area (Å²) < 4.78 is 39.1. The highest BCUT2D eigenvalue weighted by Gasteiger charge is 2.33. The van der Waals surface area contributed by atoms with Crippen LogP contribution in [0, 0.1) is 5.82 Å². The molecule has 1 aliphatic rings. The van der Waals surface area contributed by atoms with Crippen molar-refractivity contribution in [3.05, 3.63) is 47.4 Å². The van der Waals surface area contributed by atoms with E-state index >= 15 is 0 Å². The quantitative estimate of drug-likeness (QED) is 0.889. The van der Waals surface area contributed by atoms with Crippen LogP contribution >= 0.6 is 0 Å². The number of rotatable bonds is 3.